The second kappa shape index (κ2) is 6.29. The highest BCUT2D eigenvalue weighted by atomic mass is 79.9. The van der Waals surface area contributed by atoms with Gasteiger partial charge >= 0.3 is 5.97 Å². The number of ether oxygens (including phenoxy) is 1. The van der Waals surface area contributed by atoms with Gasteiger partial charge in [-0.05, 0) is 23.6 Å². The maximum atomic E-state index is 13.0. The van der Waals surface area contributed by atoms with Gasteiger partial charge in [-0.2, -0.15) is 0 Å². The van der Waals surface area contributed by atoms with E-state index >= 15 is 0 Å². The molecule has 3 nitrogen and oxygen atoms in total. The van der Waals surface area contributed by atoms with Crippen molar-refractivity contribution in [2.45, 2.75) is 20.0 Å². The summed E-state index contributed by atoms with van der Waals surface area (Å²) in [4.78, 5) is 11.7. The number of carbonyl (C=O) groups is 1. The average Bonchev–Trinajstić information content (AvgIpc) is 2.28. The molecule has 1 aromatic rings. The van der Waals surface area contributed by atoms with E-state index in [9.17, 15) is 14.3 Å². The summed E-state index contributed by atoms with van der Waals surface area (Å²) in [6.45, 7) is 3.64. The third-order valence-electron chi connectivity index (χ3n) is 2.81. The van der Waals surface area contributed by atoms with E-state index in [0.29, 0.717) is 10.0 Å². The Morgan fingerprint density at radius 1 is 1.44 bits per heavy atom. The summed E-state index contributed by atoms with van der Waals surface area (Å²) < 4.78 is 18.1. The van der Waals surface area contributed by atoms with Gasteiger partial charge in [0.1, 0.15) is 5.82 Å². The lowest BCUT2D eigenvalue weighted by Crippen LogP contribution is -2.28. The van der Waals surface area contributed by atoms with Gasteiger partial charge in [0.25, 0.3) is 0 Å². The van der Waals surface area contributed by atoms with E-state index in [0.717, 1.165) is 0 Å². The Hall–Kier alpha value is -0.940. The molecule has 0 saturated heterocycles. The monoisotopic (exact) mass is 318 g/mol. The van der Waals surface area contributed by atoms with Crippen molar-refractivity contribution >= 4 is 21.9 Å². The Balaban J connectivity index is 3.09. The first-order valence-corrected chi connectivity index (χ1v) is 6.38. The summed E-state index contributed by atoms with van der Waals surface area (Å²) in [6.07, 6.45) is -1.03. The molecule has 1 aromatic carbocycles. The number of esters is 1. The van der Waals surface area contributed by atoms with Gasteiger partial charge in [0.05, 0.1) is 19.1 Å². The van der Waals surface area contributed by atoms with Crippen molar-refractivity contribution < 1.29 is 19.0 Å². The second-order valence-electron chi connectivity index (χ2n) is 4.40. The van der Waals surface area contributed by atoms with Crippen molar-refractivity contribution in [1.29, 1.82) is 0 Å². The van der Waals surface area contributed by atoms with Crippen LogP contribution in [0.15, 0.2) is 22.7 Å². The van der Waals surface area contributed by atoms with Crippen molar-refractivity contribution in [2.24, 2.45) is 11.8 Å². The van der Waals surface area contributed by atoms with Gasteiger partial charge in [0.2, 0.25) is 0 Å². The van der Waals surface area contributed by atoms with E-state index in [1.54, 1.807) is 0 Å². The molecule has 0 amide bonds. The molecule has 0 aliphatic heterocycles. The Morgan fingerprint density at radius 2 is 2.06 bits per heavy atom. The van der Waals surface area contributed by atoms with E-state index in [-0.39, 0.29) is 5.92 Å². The second-order valence-corrected chi connectivity index (χ2v) is 5.26. The molecule has 0 saturated carbocycles. The smallest absolute Gasteiger partial charge is 0.311 e. The van der Waals surface area contributed by atoms with Crippen LogP contribution < -0.4 is 0 Å². The fraction of sp³-hybridized carbons (Fsp3) is 0.462. The van der Waals surface area contributed by atoms with Gasteiger partial charge in [-0.1, -0.05) is 35.8 Å². The summed E-state index contributed by atoms with van der Waals surface area (Å²) in [6, 6.07) is 3.97. The van der Waals surface area contributed by atoms with Gasteiger partial charge < -0.3 is 9.84 Å². The molecule has 0 radical (unpaired) electrons. The summed E-state index contributed by atoms with van der Waals surface area (Å²) >= 11 is 3.18. The van der Waals surface area contributed by atoms with Crippen LogP contribution >= 0.6 is 15.9 Å². The Labute approximate surface area is 114 Å². The van der Waals surface area contributed by atoms with Crippen molar-refractivity contribution in [3.63, 3.8) is 0 Å². The number of rotatable bonds is 4. The summed E-state index contributed by atoms with van der Waals surface area (Å²) in [5, 5.41) is 10.3. The lowest BCUT2D eigenvalue weighted by Gasteiger charge is -2.25. The topological polar surface area (TPSA) is 46.5 Å². The summed E-state index contributed by atoms with van der Waals surface area (Å²) in [7, 11) is 1.28. The van der Waals surface area contributed by atoms with Gasteiger partial charge in [-0.25, -0.2) is 4.39 Å². The van der Waals surface area contributed by atoms with E-state index in [2.05, 4.69) is 15.9 Å². The van der Waals surface area contributed by atoms with Crippen molar-refractivity contribution in [2.75, 3.05) is 7.11 Å². The molecule has 0 aliphatic carbocycles. The molecule has 0 bridgehead atoms. The van der Waals surface area contributed by atoms with Crippen molar-refractivity contribution in [1.82, 2.24) is 0 Å². The first-order chi connectivity index (χ1) is 8.38. The highest BCUT2D eigenvalue weighted by Crippen LogP contribution is 2.33. The van der Waals surface area contributed by atoms with E-state index in [1.807, 2.05) is 13.8 Å². The number of carbonyl (C=O) groups excluding carboxylic acids is 1. The Bertz CT molecular complexity index is 434. The normalized spacial score (nSPS) is 14.4. The van der Waals surface area contributed by atoms with Crippen LogP contribution in [0.2, 0.25) is 0 Å². The molecule has 1 N–H and O–H groups in total. The molecule has 1 rings (SSSR count). The summed E-state index contributed by atoms with van der Waals surface area (Å²) in [5.74, 6) is -1.66. The third-order valence-corrected chi connectivity index (χ3v) is 3.50. The molecule has 0 spiro atoms. The molecule has 0 fully saturated rings. The Morgan fingerprint density at radius 3 is 2.50 bits per heavy atom. The number of methoxy groups -OCH3 is 1. The molecule has 0 aromatic heterocycles. The average molecular weight is 319 g/mol. The van der Waals surface area contributed by atoms with Crippen molar-refractivity contribution in [3.8, 4) is 0 Å². The number of aliphatic hydroxyl groups excluding tert-OH is 1. The van der Waals surface area contributed by atoms with E-state index in [1.165, 1.54) is 25.3 Å². The number of hydrogen-bond donors (Lipinski definition) is 1. The quantitative estimate of drug-likeness (QED) is 0.868. The lowest BCUT2D eigenvalue weighted by atomic mass is 9.86. The number of aliphatic hydroxyl groups is 1. The minimum Gasteiger partial charge on any atom is -0.469 e. The molecule has 5 heteroatoms. The third kappa shape index (κ3) is 3.29. The first kappa shape index (κ1) is 15.1. The number of benzene rings is 1. The van der Waals surface area contributed by atoms with Gasteiger partial charge in [0.15, 0.2) is 0 Å². The largest absolute Gasteiger partial charge is 0.469 e. The van der Waals surface area contributed by atoms with Gasteiger partial charge in [-0.3, -0.25) is 4.79 Å². The maximum absolute atomic E-state index is 13.0. The number of hydrogen-bond acceptors (Lipinski definition) is 3. The van der Waals surface area contributed by atoms with E-state index in [4.69, 9.17) is 4.74 Å². The standard InChI is InChI=1S/C13H16BrFO3/c1-7(2)11(13(17)18-3)12(16)9-5-4-8(15)6-10(9)14/h4-7,11-12,16H,1-3H3. The van der Waals surface area contributed by atoms with Crippen LogP contribution in [0.5, 0.6) is 0 Å². The molecule has 18 heavy (non-hydrogen) atoms. The van der Waals surface area contributed by atoms with Crippen molar-refractivity contribution in [3.05, 3.63) is 34.1 Å². The Kier molecular flexibility index (Phi) is 5.28. The zero-order chi connectivity index (χ0) is 13.9. The fourth-order valence-corrected chi connectivity index (χ4v) is 2.42. The zero-order valence-electron chi connectivity index (χ0n) is 10.5. The van der Waals surface area contributed by atoms with Crippen LogP contribution in [0.1, 0.15) is 25.5 Å². The molecular formula is C13H16BrFO3. The van der Waals surface area contributed by atoms with Gasteiger partial charge in [0, 0.05) is 4.47 Å². The van der Waals surface area contributed by atoms with Gasteiger partial charge in [-0.15, -0.1) is 0 Å². The number of halogens is 2. The fourth-order valence-electron chi connectivity index (χ4n) is 1.84. The minimum atomic E-state index is -1.03. The molecule has 0 heterocycles. The molecule has 2 unspecified atom stereocenters. The predicted molar refractivity (Wildman–Crippen MR) is 69.4 cm³/mol. The van der Waals surface area contributed by atoms with Crippen LogP contribution in [0.3, 0.4) is 0 Å². The highest BCUT2D eigenvalue weighted by molar-refractivity contribution is 9.10. The maximum Gasteiger partial charge on any atom is 0.311 e. The van der Waals surface area contributed by atoms with Crippen LogP contribution in [0.25, 0.3) is 0 Å². The predicted octanol–water partition coefficient (Wildman–Crippen LogP) is 3.07. The molecule has 2 atom stereocenters. The van der Waals surface area contributed by atoms with Crippen LogP contribution in [0.4, 0.5) is 4.39 Å². The molecular weight excluding hydrogens is 303 g/mol. The zero-order valence-corrected chi connectivity index (χ0v) is 12.1. The molecule has 0 aliphatic rings. The molecule has 100 valence electrons. The SMILES string of the molecule is COC(=O)C(C(C)C)C(O)c1ccc(F)cc1Br. The van der Waals surface area contributed by atoms with Crippen LogP contribution in [0, 0.1) is 17.7 Å². The van der Waals surface area contributed by atoms with Crippen LogP contribution in [-0.4, -0.2) is 18.2 Å². The minimum absolute atomic E-state index is 0.0931. The highest BCUT2D eigenvalue weighted by Gasteiger charge is 2.32. The van der Waals surface area contributed by atoms with Crippen LogP contribution in [-0.2, 0) is 9.53 Å². The van der Waals surface area contributed by atoms with E-state index < -0.39 is 23.8 Å². The summed E-state index contributed by atoms with van der Waals surface area (Å²) in [5.41, 5.74) is 0.473. The first-order valence-electron chi connectivity index (χ1n) is 5.59. The lowest BCUT2D eigenvalue weighted by molar-refractivity contribution is -0.152.